The van der Waals surface area contributed by atoms with Gasteiger partial charge in [0.25, 0.3) is 0 Å². The second kappa shape index (κ2) is 8.46. The first-order chi connectivity index (χ1) is 10.0. The SMILES string of the molecule is C=CC(C)(CCCCCC)C(=Cc1ccccc1)C(=O)O. The molecule has 0 saturated heterocycles. The zero-order chi connectivity index (χ0) is 15.7. The molecule has 1 unspecified atom stereocenters. The van der Waals surface area contributed by atoms with Crippen LogP contribution in [0.3, 0.4) is 0 Å². The molecule has 0 spiro atoms. The van der Waals surface area contributed by atoms with E-state index in [9.17, 15) is 9.90 Å². The Hall–Kier alpha value is -1.83. The number of carboxylic acids is 1. The molecule has 0 fully saturated rings. The van der Waals surface area contributed by atoms with Gasteiger partial charge < -0.3 is 5.11 Å². The van der Waals surface area contributed by atoms with Crippen LogP contribution < -0.4 is 0 Å². The lowest BCUT2D eigenvalue weighted by molar-refractivity contribution is -0.133. The molecule has 0 aromatic heterocycles. The number of carboxylic acid groups (broad SMARTS) is 1. The van der Waals surface area contributed by atoms with Gasteiger partial charge >= 0.3 is 5.97 Å². The summed E-state index contributed by atoms with van der Waals surface area (Å²) >= 11 is 0. The molecular formula is C19H26O2. The van der Waals surface area contributed by atoms with Gasteiger partial charge in [-0.2, -0.15) is 0 Å². The highest BCUT2D eigenvalue weighted by molar-refractivity contribution is 5.94. The molecular weight excluding hydrogens is 260 g/mol. The van der Waals surface area contributed by atoms with Crippen molar-refractivity contribution in [3.05, 3.63) is 54.1 Å². The summed E-state index contributed by atoms with van der Waals surface area (Å²) in [7, 11) is 0. The number of carbonyl (C=O) groups is 1. The molecule has 0 amide bonds. The number of benzene rings is 1. The van der Waals surface area contributed by atoms with Crippen LogP contribution >= 0.6 is 0 Å². The highest BCUT2D eigenvalue weighted by atomic mass is 16.4. The number of hydrogen-bond acceptors (Lipinski definition) is 1. The molecule has 0 aliphatic heterocycles. The van der Waals surface area contributed by atoms with Crippen LogP contribution in [0, 0.1) is 5.41 Å². The van der Waals surface area contributed by atoms with Gasteiger partial charge in [0.15, 0.2) is 0 Å². The Kier molecular flexibility index (Phi) is 6.93. The Bertz CT molecular complexity index is 488. The van der Waals surface area contributed by atoms with Crippen LogP contribution in [-0.2, 0) is 4.79 Å². The second-order valence-electron chi connectivity index (χ2n) is 5.71. The van der Waals surface area contributed by atoms with Gasteiger partial charge in [0, 0.05) is 11.0 Å². The number of aliphatic carboxylic acids is 1. The lowest BCUT2D eigenvalue weighted by Crippen LogP contribution is -2.22. The van der Waals surface area contributed by atoms with Crippen molar-refractivity contribution in [1.82, 2.24) is 0 Å². The Balaban J connectivity index is 2.97. The largest absolute Gasteiger partial charge is 0.478 e. The maximum atomic E-state index is 11.7. The molecule has 2 heteroatoms. The molecule has 0 saturated carbocycles. The van der Waals surface area contributed by atoms with Crippen LogP contribution in [0.5, 0.6) is 0 Å². The maximum Gasteiger partial charge on any atom is 0.332 e. The summed E-state index contributed by atoms with van der Waals surface area (Å²) in [4.78, 5) is 11.7. The third-order valence-corrected chi connectivity index (χ3v) is 3.96. The number of hydrogen-bond donors (Lipinski definition) is 1. The van der Waals surface area contributed by atoms with Crippen LogP contribution in [0.2, 0.25) is 0 Å². The number of unbranched alkanes of at least 4 members (excludes halogenated alkanes) is 3. The summed E-state index contributed by atoms with van der Waals surface area (Å²) in [6.45, 7) is 8.01. The molecule has 21 heavy (non-hydrogen) atoms. The van der Waals surface area contributed by atoms with Gasteiger partial charge in [0.2, 0.25) is 0 Å². The molecule has 114 valence electrons. The first-order valence-electron chi connectivity index (χ1n) is 7.67. The Morgan fingerprint density at radius 2 is 1.90 bits per heavy atom. The van der Waals surface area contributed by atoms with Gasteiger partial charge in [0.05, 0.1) is 0 Å². The zero-order valence-corrected chi connectivity index (χ0v) is 13.1. The first kappa shape index (κ1) is 17.2. The monoisotopic (exact) mass is 286 g/mol. The third kappa shape index (κ3) is 5.22. The van der Waals surface area contributed by atoms with Crippen molar-refractivity contribution in [2.75, 3.05) is 0 Å². The smallest absolute Gasteiger partial charge is 0.332 e. The predicted octanol–water partition coefficient (Wildman–Crippen LogP) is 5.32. The van der Waals surface area contributed by atoms with E-state index in [0.29, 0.717) is 5.57 Å². The Morgan fingerprint density at radius 1 is 1.24 bits per heavy atom. The number of allylic oxidation sites excluding steroid dienone is 1. The van der Waals surface area contributed by atoms with Crippen molar-refractivity contribution in [2.45, 2.75) is 46.0 Å². The van der Waals surface area contributed by atoms with Gasteiger partial charge in [-0.15, -0.1) is 6.58 Å². The summed E-state index contributed by atoms with van der Waals surface area (Å²) < 4.78 is 0. The van der Waals surface area contributed by atoms with E-state index in [1.54, 1.807) is 12.2 Å². The summed E-state index contributed by atoms with van der Waals surface area (Å²) in [5.74, 6) is -0.864. The van der Waals surface area contributed by atoms with Gasteiger partial charge in [-0.3, -0.25) is 0 Å². The van der Waals surface area contributed by atoms with Gasteiger partial charge in [-0.05, 0) is 18.1 Å². The zero-order valence-electron chi connectivity index (χ0n) is 13.1. The summed E-state index contributed by atoms with van der Waals surface area (Å²) in [6.07, 6.45) is 8.90. The Morgan fingerprint density at radius 3 is 2.43 bits per heavy atom. The molecule has 1 atom stereocenters. The van der Waals surface area contributed by atoms with Crippen LogP contribution in [-0.4, -0.2) is 11.1 Å². The minimum atomic E-state index is -0.864. The standard InChI is InChI=1S/C19H26O2/c1-4-6-7-11-14-19(3,5-2)17(18(20)21)15-16-12-9-8-10-13-16/h5,8-10,12-13,15H,2,4,6-7,11,14H2,1,3H3,(H,20,21). The maximum absolute atomic E-state index is 11.7. The van der Waals surface area contributed by atoms with E-state index < -0.39 is 11.4 Å². The van der Waals surface area contributed by atoms with Crippen molar-refractivity contribution < 1.29 is 9.90 Å². The molecule has 1 aromatic rings. The van der Waals surface area contributed by atoms with E-state index >= 15 is 0 Å². The highest BCUT2D eigenvalue weighted by Gasteiger charge is 2.29. The highest BCUT2D eigenvalue weighted by Crippen LogP contribution is 2.35. The van der Waals surface area contributed by atoms with Crippen molar-refractivity contribution in [1.29, 1.82) is 0 Å². The van der Waals surface area contributed by atoms with E-state index in [1.165, 1.54) is 12.8 Å². The van der Waals surface area contributed by atoms with Crippen molar-refractivity contribution in [2.24, 2.45) is 5.41 Å². The molecule has 0 aliphatic carbocycles. The molecule has 1 rings (SSSR count). The second-order valence-corrected chi connectivity index (χ2v) is 5.71. The van der Waals surface area contributed by atoms with Crippen LogP contribution in [0.4, 0.5) is 0 Å². The Labute approximate surface area is 128 Å². The van der Waals surface area contributed by atoms with Crippen LogP contribution in [0.15, 0.2) is 48.6 Å². The lowest BCUT2D eigenvalue weighted by atomic mass is 9.77. The lowest BCUT2D eigenvalue weighted by Gasteiger charge is -2.27. The number of rotatable bonds is 9. The molecule has 2 nitrogen and oxygen atoms in total. The van der Waals surface area contributed by atoms with E-state index in [1.807, 2.05) is 37.3 Å². The third-order valence-electron chi connectivity index (χ3n) is 3.96. The van der Waals surface area contributed by atoms with Gasteiger partial charge in [-0.25, -0.2) is 4.79 Å². The normalized spacial score (nSPS) is 14.5. The van der Waals surface area contributed by atoms with E-state index in [-0.39, 0.29) is 0 Å². The predicted molar refractivity (Wildman–Crippen MR) is 89.1 cm³/mol. The summed E-state index contributed by atoms with van der Waals surface area (Å²) in [5, 5.41) is 9.59. The fourth-order valence-electron chi connectivity index (χ4n) is 2.45. The van der Waals surface area contributed by atoms with Gasteiger partial charge in [-0.1, -0.05) is 75.9 Å². The molecule has 0 bridgehead atoms. The molecule has 1 N–H and O–H groups in total. The quantitative estimate of drug-likeness (QED) is 0.379. The van der Waals surface area contributed by atoms with Gasteiger partial charge in [0.1, 0.15) is 0 Å². The molecule has 0 aliphatic rings. The van der Waals surface area contributed by atoms with E-state index in [4.69, 9.17) is 0 Å². The van der Waals surface area contributed by atoms with Crippen molar-refractivity contribution >= 4 is 12.0 Å². The molecule has 1 aromatic carbocycles. The van der Waals surface area contributed by atoms with E-state index in [2.05, 4.69) is 13.5 Å². The summed E-state index contributed by atoms with van der Waals surface area (Å²) in [5.41, 5.74) is 0.840. The van der Waals surface area contributed by atoms with E-state index in [0.717, 1.165) is 24.8 Å². The molecule has 0 radical (unpaired) electrons. The van der Waals surface area contributed by atoms with Crippen LogP contribution in [0.25, 0.3) is 6.08 Å². The average Bonchev–Trinajstić information content (AvgIpc) is 2.50. The molecule has 0 heterocycles. The first-order valence-corrected chi connectivity index (χ1v) is 7.67. The summed E-state index contributed by atoms with van der Waals surface area (Å²) in [6, 6.07) is 9.60. The minimum absolute atomic E-state index is 0.417. The fourth-order valence-corrected chi connectivity index (χ4v) is 2.45. The van der Waals surface area contributed by atoms with Crippen molar-refractivity contribution in [3.63, 3.8) is 0 Å². The average molecular weight is 286 g/mol. The topological polar surface area (TPSA) is 37.3 Å². The fraction of sp³-hybridized carbons (Fsp3) is 0.421. The minimum Gasteiger partial charge on any atom is -0.478 e. The van der Waals surface area contributed by atoms with Crippen molar-refractivity contribution in [3.8, 4) is 0 Å². The van der Waals surface area contributed by atoms with Crippen LogP contribution in [0.1, 0.15) is 51.5 Å².